The molecule has 1 amide bonds. The van der Waals surface area contributed by atoms with Crippen LogP contribution in [0.4, 0.5) is 5.69 Å². The number of rotatable bonds is 2. The van der Waals surface area contributed by atoms with Crippen LogP contribution in [0.1, 0.15) is 19.3 Å². The maximum absolute atomic E-state index is 11.9. The maximum atomic E-state index is 11.9. The van der Waals surface area contributed by atoms with Crippen molar-refractivity contribution in [1.29, 1.82) is 0 Å². The third-order valence-corrected chi connectivity index (χ3v) is 3.26. The van der Waals surface area contributed by atoms with Crippen molar-refractivity contribution in [3.05, 3.63) is 28.7 Å². The van der Waals surface area contributed by atoms with Gasteiger partial charge >= 0.3 is 0 Å². The first-order chi connectivity index (χ1) is 8.08. The van der Waals surface area contributed by atoms with Crippen LogP contribution in [0, 0.1) is 5.92 Å². The Bertz CT molecular complexity index is 486. The summed E-state index contributed by atoms with van der Waals surface area (Å²) in [6, 6.07) is 3.01. The Labute approximate surface area is 112 Å². The molecule has 3 N–H and O–H groups in total. The van der Waals surface area contributed by atoms with Crippen LogP contribution in [0.25, 0.3) is 0 Å². The van der Waals surface area contributed by atoms with E-state index in [9.17, 15) is 9.59 Å². The number of pyridine rings is 1. The summed E-state index contributed by atoms with van der Waals surface area (Å²) in [5.74, 6) is -0.152. The molecule has 6 heteroatoms. The van der Waals surface area contributed by atoms with E-state index in [4.69, 9.17) is 5.73 Å². The first-order valence-electron chi connectivity index (χ1n) is 5.81. The number of carbonyl (C=O) groups excluding carboxylic acids is 1. The first-order valence-corrected chi connectivity index (χ1v) is 5.81. The van der Waals surface area contributed by atoms with Gasteiger partial charge in [-0.1, -0.05) is 6.42 Å². The third-order valence-electron chi connectivity index (χ3n) is 3.26. The van der Waals surface area contributed by atoms with E-state index in [2.05, 4.69) is 5.32 Å². The summed E-state index contributed by atoms with van der Waals surface area (Å²) >= 11 is 0. The zero-order valence-electron chi connectivity index (χ0n) is 10.3. The van der Waals surface area contributed by atoms with E-state index in [1.54, 1.807) is 19.3 Å². The molecular formula is C12H18ClN3O2. The Morgan fingerprint density at radius 2 is 2.17 bits per heavy atom. The lowest BCUT2D eigenvalue weighted by Gasteiger charge is -2.15. The van der Waals surface area contributed by atoms with Crippen LogP contribution in [-0.4, -0.2) is 16.5 Å². The smallest absolute Gasteiger partial charge is 0.250 e. The molecule has 1 aromatic rings. The minimum atomic E-state index is -0.104. The molecule has 0 aromatic carbocycles. The second kappa shape index (κ2) is 6.02. The Hall–Kier alpha value is -1.33. The minimum Gasteiger partial charge on any atom is -0.327 e. The number of nitrogens with two attached hydrogens (primary N) is 1. The van der Waals surface area contributed by atoms with Gasteiger partial charge in [0, 0.05) is 25.4 Å². The number of carbonyl (C=O) groups is 1. The molecule has 2 unspecified atom stereocenters. The predicted molar refractivity (Wildman–Crippen MR) is 72.9 cm³/mol. The average molecular weight is 272 g/mol. The molecule has 1 fully saturated rings. The van der Waals surface area contributed by atoms with E-state index in [0.717, 1.165) is 19.3 Å². The van der Waals surface area contributed by atoms with Crippen molar-refractivity contribution < 1.29 is 4.79 Å². The van der Waals surface area contributed by atoms with Gasteiger partial charge in [-0.25, -0.2) is 0 Å². The van der Waals surface area contributed by atoms with Gasteiger partial charge in [0.2, 0.25) is 11.5 Å². The molecule has 1 heterocycles. The largest absolute Gasteiger partial charge is 0.327 e. The van der Waals surface area contributed by atoms with Gasteiger partial charge in [-0.05, 0) is 18.9 Å². The Kier molecular flexibility index (Phi) is 4.93. The highest BCUT2D eigenvalue weighted by Crippen LogP contribution is 2.25. The lowest BCUT2D eigenvalue weighted by molar-refractivity contribution is -0.120. The average Bonchev–Trinajstić information content (AvgIpc) is 2.70. The van der Waals surface area contributed by atoms with Crippen molar-refractivity contribution in [3.8, 4) is 0 Å². The van der Waals surface area contributed by atoms with Crippen LogP contribution in [0.5, 0.6) is 0 Å². The number of aryl methyl sites for hydroxylation is 1. The van der Waals surface area contributed by atoms with E-state index < -0.39 is 0 Å². The monoisotopic (exact) mass is 271 g/mol. The number of aromatic nitrogens is 1. The molecule has 2 atom stereocenters. The normalized spacial score (nSPS) is 22.3. The van der Waals surface area contributed by atoms with Gasteiger partial charge in [-0.3, -0.25) is 9.59 Å². The lowest BCUT2D eigenvalue weighted by atomic mass is 10.0. The highest BCUT2D eigenvalue weighted by molar-refractivity contribution is 5.93. The molecule has 0 radical (unpaired) electrons. The molecular weight excluding hydrogens is 254 g/mol. The van der Waals surface area contributed by atoms with Crippen LogP contribution in [0.15, 0.2) is 23.1 Å². The zero-order valence-corrected chi connectivity index (χ0v) is 11.1. The van der Waals surface area contributed by atoms with Crippen molar-refractivity contribution in [2.45, 2.75) is 25.3 Å². The summed E-state index contributed by atoms with van der Waals surface area (Å²) in [5.41, 5.74) is 6.41. The fraction of sp³-hybridized carbons (Fsp3) is 0.500. The van der Waals surface area contributed by atoms with E-state index >= 15 is 0 Å². The summed E-state index contributed by atoms with van der Waals surface area (Å²) < 4.78 is 1.43. The quantitative estimate of drug-likeness (QED) is 0.838. The Balaban J connectivity index is 0.00000162. The summed E-state index contributed by atoms with van der Waals surface area (Å²) in [6.07, 6.45) is 4.37. The number of nitrogens with zero attached hydrogens (tertiary/aromatic N) is 1. The number of anilines is 1. The van der Waals surface area contributed by atoms with Gasteiger partial charge in [0.25, 0.3) is 0 Å². The maximum Gasteiger partial charge on any atom is 0.250 e. The molecule has 100 valence electrons. The standard InChI is InChI=1S/C12H17N3O2.ClH/c1-15-7-8(5-6-11(15)16)14-12(17)9-3-2-4-10(9)13;/h5-7,9-10H,2-4,13H2,1H3,(H,14,17);1H. The molecule has 1 saturated carbocycles. The molecule has 0 saturated heterocycles. The van der Waals surface area contributed by atoms with Crippen LogP contribution >= 0.6 is 12.4 Å². The van der Waals surface area contributed by atoms with Gasteiger partial charge in [0.05, 0.1) is 11.6 Å². The zero-order chi connectivity index (χ0) is 12.4. The molecule has 1 aliphatic carbocycles. The highest BCUT2D eigenvalue weighted by Gasteiger charge is 2.30. The molecule has 2 rings (SSSR count). The van der Waals surface area contributed by atoms with E-state index in [1.165, 1.54) is 10.6 Å². The van der Waals surface area contributed by atoms with Crippen molar-refractivity contribution in [2.24, 2.45) is 18.7 Å². The number of hydrogen-bond donors (Lipinski definition) is 2. The van der Waals surface area contributed by atoms with Gasteiger partial charge in [0.15, 0.2) is 0 Å². The molecule has 1 aromatic heterocycles. The van der Waals surface area contributed by atoms with Gasteiger partial charge in [0.1, 0.15) is 0 Å². The van der Waals surface area contributed by atoms with Crippen LogP contribution in [0.3, 0.4) is 0 Å². The summed E-state index contributed by atoms with van der Waals surface area (Å²) in [5, 5.41) is 2.80. The van der Waals surface area contributed by atoms with Crippen molar-refractivity contribution in [2.75, 3.05) is 5.32 Å². The van der Waals surface area contributed by atoms with Crippen molar-refractivity contribution in [3.63, 3.8) is 0 Å². The number of hydrogen-bond acceptors (Lipinski definition) is 3. The molecule has 18 heavy (non-hydrogen) atoms. The van der Waals surface area contributed by atoms with E-state index in [-0.39, 0.29) is 35.8 Å². The van der Waals surface area contributed by atoms with Crippen LogP contribution in [0.2, 0.25) is 0 Å². The number of amides is 1. The van der Waals surface area contributed by atoms with Crippen molar-refractivity contribution >= 4 is 24.0 Å². The van der Waals surface area contributed by atoms with E-state index in [1.807, 2.05) is 0 Å². The minimum absolute atomic E-state index is 0. The molecule has 0 aliphatic heterocycles. The van der Waals surface area contributed by atoms with Gasteiger partial charge in [-0.15, -0.1) is 12.4 Å². The summed E-state index contributed by atoms with van der Waals surface area (Å²) in [7, 11) is 1.65. The Morgan fingerprint density at radius 1 is 1.44 bits per heavy atom. The second-order valence-corrected chi connectivity index (χ2v) is 4.56. The van der Waals surface area contributed by atoms with Crippen LogP contribution in [-0.2, 0) is 11.8 Å². The molecule has 1 aliphatic rings. The highest BCUT2D eigenvalue weighted by atomic mass is 35.5. The number of nitrogens with one attached hydrogen (secondary N) is 1. The van der Waals surface area contributed by atoms with E-state index in [0.29, 0.717) is 5.69 Å². The third kappa shape index (κ3) is 3.11. The topological polar surface area (TPSA) is 77.1 Å². The van der Waals surface area contributed by atoms with Crippen LogP contribution < -0.4 is 16.6 Å². The fourth-order valence-corrected chi connectivity index (χ4v) is 2.22. The first kappa shape index (κ1) is 14.7. The molecule has 0 spiro atoms. The molecule has 0 bridgehead atoms. The second-order valence-electron chi connectivity index (χ2n) is 4.56. The van der Waals surface area contributed by atoms with Gasteiger partial charge < -0.3 is 15.6 Å². The summed E-state index contributed by atoms with van der Waals surface area (Å²) in [4.78, 5) is 23.1. The SMILES string of the molecule is Cl.Cn1cc(NC(=O)C2CCCC2N)ccc1=O. The summed E-state index contributed by atoms with van der Waals surface area (Å²) in [6.45, 7) is 0. The lowest BCUT2D eigenvalue weighted by Crippen LogP contribution is -2.34. The van der Waals surface area contributed by atoms with Gasteiger partial charge in [-0.2, -0.15) is 0 Å². The Morgan fingerprint density at radius 3 is 2.72 bits per heavy atom. The predicted octanol–water partition coefficient (Wildman–Crippen LogP) is 0.873. The molecule has 5 nitrogen and oxygen atoms in total. The fourth-order valence-electron chi connectivity index (χ4n) is 2.22. The number of halogens is 1. The van der Waals surface area contributed by atoms with Crippen molar-refractivity contribution in [1.82, 2.24) is 4.57 Å².